The summed E-state index contributed by atoms with van der Waals surface area (Å²) < 4.78 is 66.6. The van der Waals surface area contributed by atoms with Crippen molar-refractivity contribution in [3.63, 3.8) is 0 Å². The molecule has 0 amide bonds. The molecular formula is C12H21FN3O13P3. The monoisotopic (exact) mass is 527 g/mol. The zero-order chi connectivity index (χ0) is 24.1. The van der Waals surface area contributed by atoms with E-state index in [1.165, 1.54) is 12.3 Å². The average Bonchev–Trinajstić information content (AvgIpc) is 3.41. The van der Waals surface area contributed by atoms with E-state index >= 15 is 0 Å². The summed E-state index contributed by atoms with van der Waals surface area (Å²) in [4.78, 5) is 40.5. The molecule has 3 unspecified atom stereocenters. The summed E-state index contributed by atoms with van der Waals surface area (Å²) >= 11 is 0. The molecule has 2 aliphatic heterocycles. The molecule has 3 aliphatic rings. The fraction of sp³-hybridized carbons (Fsp3) is 0.750. The Kier molecular flexibility index (Phi) is 7.09. The van der Waals surface area contributed by atoms with Crippen LogP contribution in [0, 0.1) is 5.92 Å². The maximum atomic E-state index is 14.9. The van der Waals surface area contributed by atoms with Crippen molar-refractivity contribution in [3.05, 3.63) is 12.3 Å². The van der Waals surface area contributed by atoms with Crippen LogP contribution >= 0.6 is 23.5 Å². The van der Waals surface area contributed by atoms with E-state index in [0.717, 1.165) is 4.90 Å². The van der Waals surface area contributed by atoms with Crippen LogP contribution in [0.4, 0.5) is 4.39 Å². The molecule has 16 nitrogen and oxygen atoms in total. The largest absolute Gasteiger partial charge is 0.490 e. The molecule has 0 aromatic carbocycles. The summed E-state index contributed by atoms with van der Waals surface area (Å²) in [7, 11) is -16.9. The predicted octanol–water partition coefficient (Wildman–Crippen LogP) is -1.00. The maximum Gasteiger partial charge on any atom is 0.490 e. The molecule has 2 heterocycles. The van der Waals surface area contributed by atoms with Crippen LogP contribution in [-0.4, -0.2) is 77.6 Å². The lowest BCUT2D eigenvalue weighted by molar-refractivity contribution is -0.170. The predicted molar refractivity (Wildman–Crippen MR) is 99.7 cm³/mol. The molecule has 7 atom stereocenters. The van der Waals surface area contributed by atoms with Gasteiger partial charge in [0.1, 0.15) is 17.5 Å². The highest BCUT2D eigenvalue weighted by atomic mass is 31.3. The van der Waals surface area contributed by atoms with Crippen molar-refractivity contribution in [1.29, 1.82) is 0 Å². The highest BCUT2D eigenvalue weighted by Gasteiger charge is 2.64. The first-order chi connectivity index (χ1) is 14.6. The molecule has 1 aliphatic carbocycles. The van der Waals surface area contributed by atoms with Crippen LogP contribution in [0.3, 0.4) is 0 Å². The quantitative estimate of drug-likeness (QED) is 0.178. The van der Waals surface area contributed by atoms with E-state index in [1.807, 2.05) is 0 Å². The number of phosphoric acid groups is 3. The Bertz CT molecular complexity index is 940. The van der Waals surface area contributed by atoms with Gasteiger partial charge in [-0.2, -0.15) is 8.62 Å². The molecule has 8 N–H and O–H groups in total. The van der Waals surface area contributed by atoms with Gasteiger partial charge in [0.05, 0.1) is 6.61 Å². The molecule has 0 aromatic rings. The second-order valence-electron chi connectivity index (χ2n) is 7.15. The van der Waals surface area contributed by atoms with Crippen LogP contribution in [0.25, 0.3) is 0 Å². The smallest absolute Gasteiger partial charge is 0.387 e. The first kappa shape index (κ1) is 25.8. The summed E-state index contributed by atoms with van der Waals surface area (Å²) in [5.41, 5.74) is 3.51. The van der Waals surface area contributed by atoms with Gasteiger partial charge in [0.2, 0.25) is 6.35 Å². The van der Waals surface area contributed by atoms with Crippen molar-refractivity contribution in [2.24, 2.45) is 16.6 Å². The number of nitrogens with zero attached hydrogens (tertiary/aromatic N) is 2. The maximum absolute atomic E-state index is 14.9. The Hall–Kier alpha value is -0.770. The highest BCUT2D eigenvalue weighted by Crippen LogP contribution is 2.67. The molecule has 20 heteroatoms. The van der Waals surface area contributed by atoms with Crippen LogP contribution in [0.15, 0.2) is 17.3 Å². The second kappa shape index (κ2) is 8.78. The number of halogens is 1. The van der Waals surface area contributed by atoms with E-state index in [1.54, 1.807) is 0 Å². The number of aliphatic imine (C=N–C) groups is 1. The number of aliphatic hydroxyl groups is 2. The number of rotatable bonds is 9. The molecule has 0 bridgehead atoms. The summed E-state index contributed by atoms with van der Waals surface area (Å²) in [6.45, 7) is -1.03. The second-order valence-corrected chi connectivity index (χ2v) is 11.6. The molecule has 32 heavy (non-hydrogen) atoms. The van der Waals surface area contributed by atoms with Gasteiger partial charge in [-0.05, 0) is 24.8 Å². The molecule has 0 radical (unpaired) electrons. The lowest BCUT2D eigenvalue weighted by atomic mass is 9.91. The number of alkyl halides is 1. The fourth-order valence-electron chi connectivity index (χ4n) is 3.34. The van der Waals surface area contributed by atoms with Gasteiger partial charge in [0.25, 0.3) is 0 Å². The standard InChI is InChI=1S/C12H21FN3O13P3/c13-8-9(17)12(6-1-2-6,27-10(8)16-4-3-7(14)15-11(16)18)5-26-31(22,23)29-32(24,25)28-30(19,20)21/h3-4,6,8-11,17-18H,1-2,5H2,(H2,14,15)(H,22,23)(H,24,25)(H2,19,20,21)/t8-,9+,10-,11?,12+/m1/s1. The van der Waals surface area contributed by atoms with E-state index in [0.29, 0.717) is 12.8 Å². The van der Waals surface area contributed by atoms with E-state index in [2.05, 4.69) is 18.1 Å². The molecule has 184 valence electrons. The topological polar surface area (TPSA) is 251 Å². The minimum atomic E-state index is -5.76. The zero-order valence-electron chi connectivity index (χ0n) is 15.9. The minimum Gasteiger partial charge on any atom is -0.387 e. The van der Waals surface area contributed by atoms with Gasteiger partial charge >= 0.3 is 23.5 Å². The first-order valence-corrected chi connectivity index (χ1v) is 13.3. The van der Waals surface area contributed by atoms with E-state index in [-0.39, 0.29) is 5.84 Å². The van der Waals surface area contributed by atoms with Crippen LogP contribution in [-0.2, 0) is 31.6 Å². The number of hydrogen-bond acceptors (Lipinski definition) is 12. The Labute approximate surface area is 179 Å². The van der Waals surface area contributed by atoms with Crippen LogP contribution < -0.4 is 5.73 Å². The van der Waals surface area contributed by atoms with Gasteiger partial charge in [-0.25, -0.2) is 23.1 Å². The lowest BCUT2D eigenvalue weighted by Crippen LogP contribution is -2.48. The van der Waals surface area contributed by atoms with Crippen LogP contribution in [0.2, 0.25) is 0 Å². The minimum absolute atomic E-state index is 0.0520. The normalized spacial score (nSPS) is 37.1. The Balaban J connectivity index is 1.75. The SMILES string of the molecule is NC1=NC(O)N([C@@H]2O[C@@](COP(=O)(O)OP(=O)(O)OP(=O)(O)O)(C3CC3)[C@@H](O)[C@H]2F)C=C1. The van der Waals surface area contributed by atoms with Crippen LogP contribution in [0.1, 0.15) is 12.8 Å². The first-order valence-electron chi connectivity index (χ1n) is 8.80. The molecular weight excluding hydrogens is 506 g/mol. The highest BCUT2D eigenvalue weighted by molar-refractivity contribution is 7.66. The van der Waals surface area contributed by atoms with Crippen molar-refractivity contribution in [3.8, 4) is 0 Å². The Morgan fingerprint density at radius 2 is 1.81 bits per heavy atom. The van der Waals surface area contributed by atoms with Gasteiger partial charge in [0.15, 0.2) is 12.4 Å². The fourth-order valence-corrected chi connectivity index (χ4v) is 6.40. The number of hydrogen-bond donors (Lipinski definition) is 7. The number of aliphatic hydroxyl groups excluding tert-OH is 2. The average molecular weight is 527 g/mol. The Morgan fingerprint density at radius 1 is 1.19 bits per heavy atom. The van der Waals surface area contributed by atoms with Gasteiger partial charge in [-0.15, -0.1) is 0 Å². The van der Waals surface area contributed by atoms with Crippen molar-refractivity contribution < 1.29 is 65.8 Å². The number of nitrogens with two attached hydrogens (primary N) is 1. The van der Waals surface area contributed by atoms with Crippen molar-refractivity contribution in [2.45, 2.75) is 43.3 Å². The molecule has 0 spiro atoms. The Morgan fingerprint density at radius 3 is 2.34 bits per heavy atom. The van der Waals surface area contributed by atoms with E-state index in [4.69, 9.17) is 20.3 Å². The van der Waals surface area contributed by atoms with Gasteiger partial charge < -0.3 is 45.2 Å². The molecule has 2 fully saturated rings. The summed E-state index contributed by atoms with van der Waals surface area (Å²) in [5, 5.41) is 20.5. The third kappa shape index (κ3) is 5.83. The third-order valence-electron chi connectivity index (χ3n) is 4.79. The molecule has 1 saturated heterocycles. The summed E-state index contributed by atoms with van der Waals surface area (Å²) in [6, 6.07) is 0. The molecule has 3 rings (SSSR count). The number of ether oxygens (including phenoxy) is 1. The van der Waals surface area contributed by atoms with E-state index in [9.17, 15) is 38.1 Å². The van der Waals surface area contributed by atoms with Gasteiger partial charge in [-0.3, -0.25) is 4.52 Å². The summed E-state index contributed by atoms with van der Waals surface area (Å²) in [5.74, 6) is -0.615. The number of phosphoric ester groups is 1. The lowest BCUT2D eigenvalue weighted by Gasteiger charge is -2.35. The van der Waals surface area contributed by atoms with E-state index < -0.39 is 66.4 Å². The van der Waals surface area contributed by atoms with Crippen molar-refractivity contribution in [2.75, 3.05) is 6.61 Å². The molecule has 0 aromatic heterocycles. The summed E-state index contributed by atoms with van der Waals surface area (Å²) in [6.07, 6.45) is -4.15. The van der Waals surface area contributed by atoms with Crippen molar-refractivity contribution >= 4 is 29.3 Å². The van der Waals surface area contributed by atoms with Crippen molar-refractivity contribution in [1.82, 2.24) is 4.90 Å². The van der Waals surface area contributed by atoms with Gasteiger partial charge in [0, 0.05) is 6.20 Å². The zero-order valence-corrected chi connectivity index (χ0v) is 18.6. The van der Waals surface area contributed by atoms with Gasteiger partial charge in [-0.1, -0.05) is 0 Å². The van der Waals surface area contributed by atoms with Crippen LogP contribution in [0.5, 0.6) is 0 Å². The number of amidine groups is 1. The molecule has 1 saturated carbocycles. The third-order valence-corrected chi connectivity index (χ3v) is 8.58.